The van der Waals surface area contributed by atoms with E-state index in [2.05, 4.69) is 5.32 Å². The van der Waals surface area contributed by atoms with Crippen LogP contribution in [0.1, 0.15) is 46.1 Å². The number of rotatable bonds is 8. The van der Waals surface area contributed by atoms with E-state index in [-0.39, 0.29) is 37.5 Å². The largest absolute Gasteiger partial charge is 0.508 e. The number of aliphatic carboxylic acids is 1. The minimum atomic E-state index is -1.52. The minimum absolute atomic E-state index is 0.0403. The molecule has 0 aliphatic carbocycles. The van der Waals surface area contributed by atoms with Crippen LogP contribution in [0.25, 0.3) is 0 Å². The van der Waals surface area contributed by atoms with Crippen molar-refractivity contribution >= 4 is 25.1 Å². The third-order valence-corrected chi connectivity index (χ3v) is 5.78. The fourth-order valence-electron chi connectivity index (χ4n) is 4.20. The Kier molecular flexibility index (Phi) is 8.96. The van der Waals surface area contributed by atoms with Crippen molar-refractivity contribution in [3.8, 4) is 5.75 Å². The van der Waals surface area contributed by atoms with Gasteiger partial charge in [0.05, 0.1) is 5.41 Å². The number of amides is 2. The van der Waals surface area contributed by atoms with Crippen molar-refractivity contribution in [2.45, 2.75) is 64.9 Å². The lowest BCUT2D eigenvalue weighted by Gasteiger charge is -2.43. The summed E-state index contributed by atoms with van der Waals surface area (Å²) in [5, 5.41) is 40.5. The van der Waals surface area contributed by atoms with Gasteiger partial charge in [-0.2, -0.15) is 0 Å². The molecule has 34 heavy (non-hydrogen) atoms. The topological polar surface area (TPSA) is 157 Å². The van der Waals surface area contributed by atoms with Crippen molar-refractivity contribution in [1.29, 1.82) is 0 Å². The lowest BCUT2D eigenvalue weighted by molar-refractivity contribution is -0.156. The van der Waals surface area contributed by atoms with Gasteiger partial charge in [0.2, 0.25) is 5.91 Å². The summed E-state index contributed by atoms with van der Waals surface area (Å²) in [5.74, 6) is -1.69. The molecule has 2 rings (SSSR count). The van der Waals surface area contributed by atoms with Gasteiger partial charge in [0.15, 0.2) is 0 Å². The highest BCUT2D eigenvalue weighted by Crippen LogP contribution is 2.36. The molecule has 10 nitrogen and oxygen atoms in total. The molecule has 11 heteroatoms. The number of phenols is 1. The number of hydrogen-bond donors (Lipinski definition) is 5. The summed E-state index contributed by atoms with van der Waals surface area (Å²) >= 11 is 0. The van der Waals surface area contributed by atoms with Crippen LogP contribution in [0.4, 0.5) is 4.79 Å². The summed E-state index contributed by atoms with van der Waals surface area (Å²) in [6, 6.07) is 5.19. The first-order valence-corrected chi connectivity index (χ1v) is 11.3. The maximum Gasteiger partial charge on any atom is 0.451 e. The van der Waals surface area contributed by atoms with E-state index < -0.39 is 42.1 Å². The molecule has 0 spiro atoms. The van der Waals surface area contributed by atoms with Crippen LogP contribution in [0.5, 0.6) is 5.75 Å². The quantitative estimate of drug-likeness (QED) is 0.353. The summed E-state index contributed by atoms with van der Waals surface area (Å²) in [5.41, 5.74) is -1.31. The number of piperidine rings is 1. The van der Waals surface area contributed by atoms with Crippen LogP contribution in [-0.4, -0.2) is 75.0 Å². The fraction of sp³-hybridized carbons (Fsp3) is 0.609. The highest BCUT2D eigenvalue weighted by atomic mass is 16.6. The summed E-state index contributed by atoms with van der Waals surface area (Å²) in [4.78, 5) is 39.5. The molecular formula is C23H35BN2O8. The van der Waals surface area contributed by atoms with E-state index in [4.69, 9.17) is 4.74 Å². The van der Waals surface area contributed by atoms with Crippen LogP contribution in [0.3, 0.4) is 0 Å². The first kappa shape index (κ1) is 27.5. The van der Waals surface area contributed by atoms with E-state index in [0.717, 1.165) is 0 Å². The van der Waals surface area contributed by atoms with Crippen LogP contribution >= 0.6 is 0 Å². The minimum Gasteiger partial charge on any atom is -0.508 e. The number of ether oxygens (including phenoxy) is 1. The predicted molar refractivity (Wildman–Crippen MR) is 125 cm³/mol. The number of phenolic OH excluding ortho intramolecular Hbond substituents is 1. The average molecular weight is 478 g/mol. The molecule has 1 aliphatic rings. The Morgan fingerprint density at radius 3 is 2.38 bits per heavy atom. The first-order valence-electron chi connectivity index (χ1n) is 11.3. The van der Waals surface area contributed by atoms with Gasteiger partial charge in [0.25, 0.3) is 0 Å². The number of aromatic hydroxyl groups is 1. The standard InChI is InChI=1S/C23H35BN2O8/c1-22(2,3)34-21(31)25-18(11-15-5-7-17(27)8-6-15)19(28)26-13-16(9-10-24(32)33)12-23(4,14-26)20(29)30/h5-8,16,18,27,32-33H,9-14H2,1-4H3,(H,25,31)(H,29,30)/t16-,18-,23-/m0/s1. The zero-order valence-corrected chi connectivity index (χ0v) is 20.2. The first-order chi connectivity index (χ1) is 15.7. The van der Waals surface area contributed by atoms with Crippen LogP contribution in [0.2, 0.25) is 6.32 Å². The highest BCUT2D eigenvalue weighted by molar-refractivity contribution is 6.40. The molecule has 0 aromatic heterocycles. The van der Waals surface area contributed by atoms with E-state index in [9.17, 15) is 34.6 Å². The third kappa shape index (κ3) is 8.21. The average Bonchev–Trinajstić information content (AvgIpc) is 2.71. The van der Waals surface area contributed by atoms with Gasteiger partial charge in [0.1, 0.15) is 17.4 Å². The maximum absolute atomic E-state index is 13.6. The van der Waals surface area contributed by atoms with E-state index in [1.54, 1.807) is 39.8 Å². The second-order valence-corrected chi connectivity index (χ2v) is 10.3. The van der Waals surface area contributed by atoms with Gasteiger partial charge in [-0.15, -0.1) is 0 Å². The molecule has 188 valence electrons. The number of carboxylic acids is 1. The third-order valence-electron chi connectivity index (χ3n) is 5.78. The van der Waals surface area contributed by atoms with Crippen molar-refractivity contribution in [3.05, 3.63) is 29.8 Å². The summed E-state index contributed by atoms with van der Waals surface area (Å²) in [7, 11) is -1.52. The van der Waals surface area contributed by atoms with Crippen LogP contribution in [-0.2, 0) is 20.7 Å². The zero-order chi connectivity index (χ0) is 25.7. The number of benzene rings is 1. The Morgan fingerprint density at radius 1 is 1.24 bits per heavy atom. The number of nitrogens with zero attached hydrogens (tertiary/aromatic N) is 1. The Balaban J connectivity index is 2.28. The number of nitrogens with one attached hydrogen (secondary N) is 1. The molecular weight excluding hydrogens is 443 g/mol. The lowest BCUT2D eigenvalue weighted by Crippen LogP contribution is -2.57. The van der Waals surface area contributed by atoms with Crippen molar-refractivity contribution in [1.82, 2.24) is 10.2 Å². The summed E-state index contributed by atoms with van der Waals surface area (Å²) in [6.45, 7) is 6.86. The highest BCUT2D eigenvalue weighted by Gasteiger charge is 2.44. The van der Waals surface area contributed by atoms with E-state index in [0.29, 0.717) is 18.4 Å². The molecule has 1 saturated heterocycles. The Hall–Kier alpha value is -2.79. The lowest BCUT2D eigenvalue weighted by atomic mass is 9.72. The maximum atomic E-state index is 13.6. The fourth-order valence-corrected chi connectivity index (χ4v) is 4.20. The van der Waals surface area contributed by atoms with Crippen LogP contribution < -0.4 is 5.32 Å². The van der Waals surface area contributed by atoms with Gasteiger partial charge in [0, 0.05) is 19.5 Å². The number of likely N-dealkylation sites (tertiary alicyclic amines) is 1. The Bertz CT molecular complexity index is 871. The van der Waals surface area contributed by atoms with Gasteiger partial charge in [-0.3, -0.25) is 9.59 Å². The van der Waals surface area contributed by atoms with Crippen molar-refractivity contribution in [3.63, 3.8) is 0 Å². The molecule has 1 heterocycles. The van der Waals surface area contributed by atoms with E-state index in [1.165, 1.54) is 17.0 Å². The summed E-state index contributed by atoms with van der Waals surface area (Å²) < 4.78 is 5.32. The number of alkyl carbamates (subject to hydrolysis) is 1. The molecule has 0 radical (unpaired) electrons. The second-order valence-electron chi connectivity index (χ2n) is 10.3. The van der Waals surface area contributed by atoms with Crippen molar-refractivity contribution < 1.29 is 39.4 Å². The van der Waals surface area contributed by atoms with E-state index in [1.807, 2.05) is 0 Å². The second kappa shape index (κ2) is 11.1. The predicted octanol–water partition coefficient (Wildman–Crippen LogP) is 1.63. The van der Waals surface area contributed by atoms with Crippen molar-refractivity contribution in [2.75, 3.05) is 13.1 Å². The van der Waals surface area contributed by atoms with Crippen molar-refractivity contribution in [2.24, 2.45) is 11.3 Å². The number of carbonyl (C=O) groups is 3. The summed E-state index contributed by atoms with van der Waals surface area (Å²) in [6.07, 6.45) is 0.0317. The SMILES string of the molecule is CC(C)(C)OC(=O)N[C@@H](Cc1ccc(O)cc1)C(=O)N1C[C@@H](CCB(O)O)C[C@](C)(C(=O)O)C1. The molecule has 1 aromatic carbocycles. The monoisotopic (exact) mass is 478 g/mol. The molecule has 0 unspecified atom stereocenters. The van der Waals surface area contributed by atoms with E-state index >= 15 is 0 Å². The zero-order valence-electron chi connectivity index (χ0n) is 20.2. The molecule has 5 N–H and O–H groups in total. The molecule has 0 saturated carbocycles. The Morgan fingerprint density at radius 2 is 1.85 bits per heavy atom. The number of carboxylic acid groups (broad SMARTS) is 1. The molecule has 1 fully saturated rings. The number of carbonyl (C=O) groups excluding carboxylic acids is 2. The van der Waals surface area contributed by atoms with Gasteiger partial charge in [-0.25, -0.2) is 4.79 Å². The normalized spacial score (nSPS) is 21.5. The number of hydrogen-bond acceptors (Lipinski definition) is 7. The van der Waals surface area contributed by atoms with Gasteiger partial charge < -0.3 is 35.2 Å². The molecule has 1 aromatic rings. The Labute approximate surface area is 200 Å². The van der Waals surface area contributed by atoms with Crippen LogP contribution in [0.15, 0.2) is 24.3 Å². The molecule has 3 atom stereocenters. The van der Waals surface area contributed by atoms with Gasteiger partial charge >= 0.3 is 19.2 Å². The molecule has 1 aliphatic heterocycles. The van der Waals surface area contributed by atoms with Gasteiger partial charge in [-0.1, -0.05) is 18.6 Å². The molecule has 0 bridgehead atoms. The van der Waals surface area contributed by atoms with Crippen LogP contribution in [0, 0.1) is 11.3 Å². The van der Waals surface area contributed by atoms with Gasteiger partial charge in [-0.05, 0) is 64.1 Å². The smallest absolute Gasteiger partial charge is 0.451 e. The molecule has 2 amide bonds.